The van der Waals surface area contributed by atoms with Crippen molar-refractivity contribution in [3.05, 3.63) is 80.0 Å². The van der Waals surface area contributed by atoms with Gasteiger partial charge in [0.1, 0.15) is 12.4 Å². The summed E-state index contributed by atoms with van der Waals surface area (Å²) in [4.78, 5) is 24.0. The molecule has 0 saturated heterocycles. The molecule has 0 aliphatic rings. The second-order valence-corrected chi connectivity index (χ2v) is 7.21. The van der Waals surface area contributed by atoms with Gasteiger partial charge in [-0.25, -0.2) is 4.79 Å². The minimum Gasteiger partial charge on any atom is -0.489 e. The lowest BCUT2D eigenvalue weighted by atomic mass is 10.1. The summed E-state index contributed by atoms with van der Waals surface area (Å²) in [6.45, 7) is 4.19. The minimum absolute atomic E-state index is 0.0886. The molecule has 2 heterocycles. The molecule has 154 valence electrons. The van der Waals surface area contributed by atoms with Gasteiger partial charge in [-0.2, -0.15) is 9.36 Å². The van der Waals surface area contributed by atoms with Crippen LogP contribution in [0.25, 0.3) is 16.9 Å². The van der Waals surface area contributed by atoms with E-state index in [1.807, 2.05) is 50.2 Å². The highest BCUT2D eigenvalue weighted by Crippen LogP contribution is 2.26. The number of benzene rings is 2. The minimum atomic E-state index is -0.320. The third-order valence-electron chi connectivity index (χ3n) is 5.08. The van der Waals surface area contributed by atoms with Gasteiger partial charge in [-0.1, -0.05) is 12.1 Å². The number of aromatic nitrogens is 6. The van der Waals surface area contributed by atoms with Crippen molar-refractivity contribution < 1.29 is 4.74 Å². The molecule has 1 N–H and O–H groups in total. The van der Waals surface area contributed by atoms with Crippen LogP contribution in [0, 0.1) is 13.8 Å². The van der Waals surface area contributed by atoms with Crippen LogP contribution in [0.1, 0.15) is 16.7 Å². The zero-order valence-corrected chi connectivity index (χ0v) is 17.2. The first-order valence-corrected chi connectivity index (χ1v) is 9.43. The Morgan fingerprint density at radius 1 is 1.00 bits per heavy atom. The van der Waals surface area contributed by atoms with Crippen LogP contribution in [0.3, 0.4) is 0 Å². The lowest BCUT2D eigenvalue weighted by Gasteiger charge is -2.14. The molecule has 0 amide bonds. The monoisotopic (exact) mass is 406 g/mol. The van der Waals surface area contributed by atoms with E-state index in [-0.39, 0.29) is 17.9 Å². The van der Waals surface area contributed by atoms with Gasteiger partial charge in [0.15, 0.2) is 0 Å². The van der Waals surface area contributed by atoms with Crippen LogP contribution < -0.4 is 16.0 Å². The molecule has 4 rings (SSSR count). The lowest BCUT2D eigenvalue weighted by molar-refractivity contribution is 0.302. The van der Waals surface area contributed by atoms with Crippen molar-refractivity contribution in [2.45, 2.75) is 20.5 Å². The lowest BCUT2D eigenvalue weighted by Crippen LogP contribution is -2.23. The first-order valence-electron chi connectivity index (χ1n) is 9.43. The van der Waals surface area contributed by atoms with Gasteiger partial charge in [-0.3, -0.25) is 14.6 Å². The van der Waals surface area contributed by atoms with Crippen molar-refractivity contribution in [1.82, 2.24) is 29.6 Å². The fourth-order valence-corrected chi connectivity index (χ4v) is 3.30. The largest absolute Gasteiger partial charge is 0.489 e. The number of ether oxygens (including phenoxy) is 1. The molecule has 9 nitrogen and oxygen atoms in total. The van der Waals surface area contributed by atoms with Gasteiger partial charge in [-0.15, -0.1) is 0 Å². The predicted molar refractivity (Wildman–Crippen MR) is 112 cm³/mol. The van der Waals surface area contributed by atoms with Crippen molar-refractivity contribution in [1.29, 1.82) is 0 Å². The predicted octanol–water partition coefficient (Wildman–Crippen LogP) is 1.86. The molecule has 0 atom stereocenters. The first-order chi connectivity index (χ1) is 14.3. The number of aryl methyl sites for hydroxylation is 4. The Morgan fingerprint density at radius 3 is 2.43 bits per heavy atom. The molecule has 2 aromatic heterocycles. The molecule has 0 radical (unpaired) electrons. The van der Waals surface area contributed by atoms with Crippen LogP contribution in [0.5, 0.6) is 5.75 Å². The summed E-state index contributed by atoms with van der Waals surface area (Å²) in [5, 5.41) is 10.8. The van der Waals surface area contributed by atoms with Crippen molar-refractivity contribution in [3.63, 3.8) is 0 Å². The van der Waals surface area contributed by atoms with Crippen molar-refractivity contribution >= 4 is 0 Å². The molecule has 0 saturated carbocycles. The fourth-order valence-electron chi connectivity index (χ4n) is 3.30. The van der Waals surface area contributed by atoms with Gasteiger partial charge in [0.2, 0.25) is 0 Å². The Kier molecular flexibility index (Phi) is 4.86. The van der Waals surface area contributed by atoms with E-state index in [1.54, 1.807) is 20.2 Å². The van der Waals surface area contributed by atoms with Crippen LogP contribution in [0.4, 0.5) is 0 Å². The molecule has 0 bridgehead atoms. The fraction of sp³-hybridized carbons (Fsp3) is 0.238. The topological polar surface area (TPSA) is 99.7 Å². The van der Waals surface area contributed by atoms with Gasteiger partial charge in [0, 0.05) is 31.3 Å². The van der Waals surface area contributed by atoms with Crippen molar-refractivity contribution in [2.24, 2.45) is 14.1 Å². The van der Waals surface area contributed by atoms with Gasteiger partial charge in [-0.05, 0) is 59.7 Å². The normalized spacial score (nSPS) is 11.1. The van der Waals surface area contributed by atoms with Crippen LogP contribution in [-0.4, -0.2) is 29.6 Å². The van der Waals surface area contributed by atoms with E-state index in [1.165, 1.54) is 14.0 Å². The van der Waals surface area contributed by atoms with Gasteiger partial charge >= 0.3 is 5.69 Å². The molecule has 9 heteroatoms. The number of hydrogen-bond donors (Lipinski definition) is 1. The summed E-state index contributed by atoms with van der Waals surface area (Å²) in [5.74, 6) is 0.720. The molecular formula is C21H22N6O3. The van der Waals surface area contributed by atoms with Crippen molar-refractivity contribution in [3.8, 4) is 22.7 Å². The van der Waals surface area contributed by atoms with Crippen LogP contribution in [0.15, 0.2) is 52.1 Å². The summed E-state index contributed by atoms with van der Waals surface area (Å²) < 4.78 is 9.97. The molecule has 0 spiro atoms. The third kappa shape index (κ3) is 3.45. The van der Waals surface area contributed by atoms with Crippen LogP contribution in [0.2, 0.25) is 0 Å². The first kappa shape index (κ1) is 19.4. The quantitative estimate of drug-likeness (QED) is 0.545. The van der Waals surface area contributed by atoms with Gasteiger partial charge < -0.3 is 4.74 Å². The van der Waals surface area contributed by atoms with Gasteiger partial charge in [0.05, 0.1) is 11.4 Å². The van der Waals surface area contributed by atoms with E-state index in [2.05, 4.69) is 15.5 Å². The van der Waals surface area contributed by atoms with E-state index in [0.29, 0.717) is 5.69 Å². The smallest absolute Gasteiger partial charge is 0.368 e. The summed E-state index contributed by atoms with van der Waals surface area (Å²) in [5.41, 5.74) is 4.67. The summed E-state index contributed by atoms with van der Waals surface area (Å²) >= 11 is 0. The Hall–Kier alpha value is -3.88. The van der Waals surface area contributed by atoms with E-state index in [4.69, 9.17) is 4.74 Å². The zero-order valence-electron chi connectivity index (χ0n) is 17.2. The molecule has 2 aromatic carbocycles. The number of rotatable bonds is 5. The molecule has 0 fully saturated rings. The average molecular weight is 406 g/mol. The number of tetrazole rings is 1. The summed E-state index contributed by atoms with van der Waals surface area (Å²) in [6, 6.07) is 13.0. The standard InChI is InChI=1S/C21H22N6O3/c1-13-6-5-7-18(27-21(29)26(4)23-24-27)16(13)12-30-19-9-8-15(10-14(19)2)17-11-20(28)25(3)22-17/h5-11,22H,12H2,1-4H3. The third-order valence-corrected chi connectivity index (χ3v) is 5.08. The Labute approximate surface area is 172 Å². The van der Waals surface area contributed by atoms with Crippen molar-refractivity contribution in [2.75, 3.05) is 0 Å². The SMILES string of the molecule is Cc1cc(-c2cc(=O)n(C)[nH]2)ccc1OCc1c(C)cccc1-n1nnn(C)c1=O. The maximum absolute atomic E-state index is 12.3. The molecule has 0 aliphatic heterocycles. The summed E-state index contributed by atoms with van der Waals surface area (Å²) in [6.07, 6.45) is 0. The Morgan fingerprint density at radius 2 is 1.80 bits per heavy atom. The highest BCUT2D eigenvalue weighted by atomic mass is 16.5. The zero-order chi connectivity index (χ0) is 21.4. The average Bonchev–Trinajstić information content (AvgIpc) is 3.23. The highest BCUT2D eigenvalue weighted by molar-refractivity contribution is 5.61. The number of aromatic amines is 1. The van der Waals surface area contributed by atoms with E-state index in [9.17, 15) is 9.59 Å². The number of hydrogen-bond acceptors (Lipinski definition) is 5. The van der Waals surface area contributed by atoms with Crippen LogP contribution in [-0.2, 0) is 20.7 Å². The Bertz CT molecular complexity index is 1340. The van der Waals surface area contributed by atoms with Crippen LogP contribution >= 0.6 is 0 Å². The second kappa shape index (κ2) is 7.51. The number of nitrogens with zero attached hydrogens (tertiary/aromatic N) is 5. The molecule has 4 aromatic rings. The molecular weight excluding hydrogens is 384 g/mol. The Balaban J connectivity index is 1.62. The molecule has 0 aliphatic carbocycles. The molecule has 0 unspecified atom stereocenters. The van der Waals surface area contributed by atoms with E-state index < -0.39 is 0 Å². The maximum atomic E-state index is 12.3. The van der Waals surface area contributed by atoms with Gasteiger partial charge in [0.25, 0.3) is 5.56 Å². The summed E-state index contributed by atoms with van der Waals surface area (Å²) in [7, 11) is 3.24. The van der Waals surface area contributed by atoms with E-state index in [0.717, 1.165) is 33.7 Å². The number of nitrogens with one attached hydrogen (secondary N) is 1. The van der Waals surface area contributed by atoms with E-state index >= 15 is 0 Å². The second-order valence-electron chi connectivity index (χ2n) is 7.21. The highest BCUT2D eigenvalue weighted by Gasteiger charge is 2.14. The molecule has 30 heavy (non-hydrogen) atoms. The maximum Gasteiger partial charge on any atom is 0.368 e. The number of H-pyrrole nitrogens is 1.